The van der Waals surface area contributed by atoms with Crippen LogP contribution in [-0.2, 0) is 18.9 Å². The molecule has 0 amide bonds. The van der Waals surface area contributed by atoms with Crippen LogP contribution >= 0.6 is 11.8 Å². The number of benzene rings is 1. The molecule has 2 aromatic heterocycles. The van der Waals surface area contributed by atoms with Crippen LogP contribution in [0, 0.1) is 11.6 Å². The van der Waals surface area contributed by atoms with Crippen LogP contribution in [0.5, 0.6) is 0 Å². The second kappa shape index (κ2) is 6.97. The lowest BCUT2D eigenvalue weighted by Gasteiger charge is -2.09. The van der Waals surface area contributed by atoms with Gasteiger partial charge in [-0.25, -0.2) is 13.8 Å². The maximum absolute atomic E-state index is 13.2. The average molecular weight is 336 g/mol. The number of thioether (sulfide) groups is 1. The van der Waals surface area contributed by atoms with Gasteiger partial charge >= 0.3 is 0 Å². The molecule has 0 radical (unpaired) electrons. The molecular weight excluding hydrogens is 322 g/mol. The predicted octanol–water partition coefficient (Wildman–Crippen LogP) is 3.59. The lowest BCUT2D eigenvalue weighted by molar-refractivity contribution is 0.269. The first kappa shape index (κ1) is 15.8. The SMILES string of the molecule is OCc1cnc(SCc2cc(F)cc(F)c2)n1Cc1ccco1. The number of hydrogen-bond acceptors (Lipinski definition) is 4. The number of halogens is 2. The summed E-state index contributed by atoms with van der Waals surface area (Å²) in [6.07, 6.45) is 3.16. The highest BCUT2D eigenvalue weighted by atomic mass is 32.2. The van der Waals surface area contributed by atoms with Gasteiger partial charge in [-0.3, -0.25) is 0 Å². The van der Waals surface area contributed by atoms with E-state index in [4.69, 9.17) is 4.42 Å². The Bertz CT molecular complexity index is 767. The number of imidazole rings is 1. The summed E-state index contributed by atoms with van der Waals surface area (Å²) >= 11 is 1.34. The maximum atomic E-state index is 13.2. The van der Waals surface area contributed by atoms with E-state index in [1.165, 1.54) is 23.9 Å². The van der Waals surface area contributed by atoms with Crippen molar-refractivity contribution in [3.8, 4) is 0 Å². The van der Waals surface area contributed by atoms with E-state index in [0.29, 0.717) is 28.7 Å². The van der Waals surface area contributed by atoms with Gasteiger partial charge in [0.1, 0.15) is 17.4 Å². The fourth-order valence-corrected chi connectivity index (χ4v) is 3.13. The van der Waals surface area contributed by atoms with E-state index < -0.39 is 11.6 Å². The molecule has 4 nitrogen and oxygen atoms in total. The molecule has 2 heterocycles. The summed E-state index contributed by atoms with van der Waals surface area (Å²) in [5.74, 6) is -0.100. The van der Waals surface area contributed by atoms with E-state index in [-0.39, 0.29) is 6.61 Å². The standard InChI is InChI=1S/C16H14F2N2O2S/c17-12-4-11(5-13(18)6-12)10-23-16-19-7-14(9-21)20(16)8-15-2-1-3-22-15/h1-7,21H,8-10H2. The maximum Gasteiger partial charge on any atom is 0.168 e. The molecule has 3 rings (SSSR count). The highest BCUT2D eigenvalue weighted by molar-refractivity contribution is 7.98. The van der Waals surface area contributed by atoms with Crippen molar-refractivity contribution in [2.45, 2.75) is 24.1 Å². The molecule has 0 unspecified atom stereocenters. The first-order valence-electron chi connectivity index (χ1n) is 6.91. The van der Waals surface area contributed by atoms with Crippen LogP contribution < -0.4 is 0 Å². The Morgan fingerprint density at radius 2 is 2.00 bits per heavy atom. The molecule has 0 atom stereocenters. The minimum Gasteiger partial charge on any atom is -0.467 e. The van der Waals surface area contributed by atoms with Crippen molar-refractivity contribution in [1.29, 1.82) is 0 Å². The highest BCUT2D eigenvalue weighted by Gasteiger charge is 2.12. The molecule has 0 spiro atoms. The van der Waals surface area contributed by atoms with Crippen molar-refractivity contribution in [1.82, 2.24) is 9.55 Å². The fraction of sp³-hybridized carbons (Fsp3) is 0.188. The largest absolute Gasteiger partial charge is 0.467 e. The zero-order valence-corrected chi connectivity index (χ0v) is 12.9. The highest BCUT2D eigenvalue weighted by Crippen LogP contribution is 2.25. The number of nitrogens with zero attached hydrogens (tertiary/aromatic N) is 2. The van der Waals surface area contributed by atoms with Crippen molar-refractivity contribution in [2.24, 2.45) is 0 Å². The second-order valence-corrected chi connectivity index (χ2v) is 5.86. The van der Waals surface area contributed by atoms with Crippen LogP contribution in [0.4, 0.5) is 8.78 Å². The van der Waals surface area contributed by atoms with Crippen molar-refractivity contribution in [3.05, 3.63) is 71.4 Å². The third-order valence-electron chi connectivity index (χ3n) is 3.25. The lowest BCUT2D eigenvalue weighted by atomic mass is 10.2. The van der Waals surface area contributed by atoms with Gasteiger partial charge in [-0.2, -0.15) is 0 Å². The van der Waals surface area contributed by atoms with Gasteiger partial charge in [0.25, 0.3) is 0 Å². The Balaban J connectivity index is 1.78. The average Bonchev–Trinajstić information content (AvgIpc) is 3.14. The van der Waals surface area contributed by atoms with Gasteiger partial charge in [0.15, 0.2) is 5.16 Å². The molecule has 0 aliphatic rings. The normalized spacial score (nSPS) is 11.1. The lowest BCUT2D eigenvalue weighted by Crippen LogP contribution is -2.05. The number of aliphatic hydroxyl groups is 1. The van der Waals surface area contributed by atoms with E-state index in [1.54, 1.807) is 18.5 Å². The Morgan fingerprint density at radius 1 is 1.22 bits per heavy atom. The van der Waals surface area contributed by atoms with Gasteiger partial charge in [0, 0.05) is 11.8 Å². The number of aromatic nitrogens is 2. The van der Waals surface area contributed by atoms with Gasteiger partial charge < -0.3 is 14.1 Å². The Morgan fingerprint density at radius 3 is 2.65 bits per heavy atom. The molecule has 0 saturated carbocycles. The molecule has 1 aromatic carbocycles. The predicted molar refractivity (Wildman–Crippen MR) is 81.9 cm³/mol. The molecule has 7 heteroatoms. The van der Waals surface area contributed by atoms with Crippen LogP contribution in [-0.4, -0.2) is 14.7 Å². The van der Waals surface area contributed by atoms with Crippen molar-refractivity contribution in [3.63, 3.8) is 0 Å². The van der Waals surface area contributed by atoms with Gasteiger partial charge in [-0.15, -0.1) is 0 Å². The van der Waals surface area contributed by atoms with Crippen molar-refractivity contribution in [2.75, 3.05) is 0 Å². The third kappa shape index (κ3) is 3.80. The van der Waals surface area contributed by atoms with E-state index >= 15 is 0 Å². The minimum atomic E-state index is -0.601. The summed E-state index contributed by atoms with van der Waals surface area (Å²) in [7, 11) is 0. The van der Waals surface area contributed by atoms with Gasteiger partial charge in [-0.1, -0.05) is 11.8 Å². The smallest absolute Gasteiger partial charge is 0.168 e. The van der Waals surface area contributed by atoms with Crippen LogP contribution in [0.2, 0.25) is 0 Å². The first-order chi connectivity index (χ1) is 11.2. The molecule has 0 saturated heterocycles. The molecule has 0 aliphatic heterocycles. The first-order valence-corrected chi connectivity index (χ1v) is 7.89. The van der Waals surface area contributed by atoms with Gasteiger partial charge in [0.05, 0.1) is 31.3 Å². The number of rotatable bonds is 6. The molecule has 0 bridgehead atoms. The summed E-state index contributed by atoms with van der Waals surface area (Å²) in [5, 5.41) is 10.1. The van der Waals surface area contributed by atoms with E-state index in [2.05, 4.69) is 4.98 Å². The Hall–Kier alpha value is -2.12. The van der Waals surface area contributed by atoms with Crippen LogP contribution in [0.15, 0.2) is 52.4 Å². The van der Waals surface area contributed by atoms with Crippen LogP contribution in [0.25, 0.3) is 0 Å². The summed E-state index contributed by atoms with van der Waals surface area (Å²) in [5.41, 5.74) is 1.18. The molecule has 120 valence electrons. The van der Waals surface area contributed by atoms with Crippen molar-refractivity contribution < 1.29 is 18.3 Å². The quantitative estimate of drug-likeness (QED) is 0.699. The zero-order chi connectivity index (χ0) is 16.2. The van der Waals surface area contributed by atoms with Gasteiger partial charge in [0.2, 0.25) is 0 Å². The summed E-state index contributed by atoms with van der Waals surface area (Å²) < 4.78 is 33.6. The van der Waals surface area contributed by atoms with Crippen LogP contribution in [0.3, 0.4) is 0 Å². The third-order valence-corrected chi connectivity index (χ3v) is 4.31. The number of furan rings is 1. The van der Waals surface area contributed by atoms with Crippen LogP contribution in [0.1, 0.15) is 17.0 Å². The molecule has 0 fully saturated rings. The second-order valence-electron chi connectivity index (χ2n) is 4.92. The molecule has 1 N–H and O–H groups in total. The molecule has 3 aromatic rings. The summed E-state index contributed by atoms with van der Waals surface area (Å²) in [4.78, 5) is 4.26. The Labute approximate surface area is 135 Å². The fourth-order valence-electron chi connectivity index (χ4n) is 2.20. The topological polar surface area (TPSA) is 51.2 Å². The molecule has 23 heavy (non-hydrogen) atoms. The monoisotopic (exact) mass is 336 g/mol. The number of hydrogen-bond donors (Lipinski definition) is 1. The minimum absolute atomic E-state index is 0.150. The molecular formula is C16H14F2N2O2S. The summed E-state index contributed by atoms with van der Waals surface area (Å²) in [6.45, 7) is 0.283. The zero-order valence-electron chi connectivity index (χ0n) is 12.1. The van der Waals surface area contributed by atoms with E-state index in [1.807, 2.05) is 10.6 Å². The van der Waals surface area contributed by atoms with E-state index in [0.717, 1.165) is 11.8 Å². The van der Waals surface area contributed by atoms with Crippen molar-refractivity contribution >= 4 is 11.8 Å². The van der Waals surface area contributed by atoms with Gasteiger partial charge in [-0.05, 0) is 29.8 Å². The van der Waals surface area contributed by atoms with E-state index in [9.17, 15) is 13.9 Å². The number of aliphatic hydroxyl groups excluding tert-OH is 1. The Kier molecular flexibility index (Phi) is 4.78. The molecule has 0 aliphatic carbocycles. The summed E-state index contributed by atoms with van der Waals surface area (Å²) in [6, 6.07) is 7.05.